The van der Waals surface area contributed by atoms with Crippen LogP contribution in [-0.4, -0.2) is 23.2 Å². The van der Waals surface area contributed by atoms with Crippen LogP contribution < -0.4 is 5.32 Å². The van der Waals surface area contributed by atoms with Gasteiger partial charge in [0.25, 0.3) is 0 Å². The van der Waals surface area contributed by atoms with Gasteiger partial charge in [-0.25, -0.2) is 0 Å². The first kappa shape index (κ1) is 16.5. The van der Waals surface area contributed by atoms with Crippen LogP contribution in [0.1, 0.15) is 54.9 Å². The van der Waals surface area contributed by atoms with Crippen molar-refractivity contribution in [3.63, 3.8) is 0 Å². The molecule has 3 unspecified atom stereocenters. The molecule has 0 amide bonds. The molecule has 2 aliphatic carbocycles. The molecule has 0 aliphatic heterocycles. The molecule has 23 heavy (non-hydrogen) atoms. The van der Waals surface area contributed by atoms with E-state index in [2.05, 4.69) is 46.6 Å². The lowest BCUT2D eigenvalue weighted by Gasteiger charge is -2.25. The highest BCUT2D eigenvalue weighted by Gasteiger charge is 2.59. The van der Waals surface area contributed by atoms with E-state index in [0.717, 1.165) is 24.6 Å². The predicted molar refractivity (Wildman–Crippen MR) is 92.2 cm³/mol. The SMILES string of the molecule is CNC(C)Cc1noc(C2CC23CCCc2ccccc23)n1.Cl. The van der Waals surface area contributed by atoms with Gasteiger partial charge in [-0.15, -0.1) is 12.4 Å². The van der Waals surface area contributed by atoms with Crippen molar-refractivity contribution in [2.45, 2.75) is 56.4 Å². The molecule has 4 rings (SSSR count). The summed E-state index contributed by atoms with van der Waals surface area (Å²) < 4.78 is 5.59. The largest absolute Gasteiger partial charge is 0.339 e. The maximum absolute atomic E-state index is 5.59. The molecule has 1 N–H and O–H groups in total. The van der Waals surface area contributed by atoms with Crippen molar-refractivity contribution in [2.24, 2.45) is 0 Å². The second kappa shape index (κ2) is 6.25. The van der Waals surface area contributed by atoms with E-state index in [1.807, 2.05) is 7.05 Å². The van der Waals surface area contributed by atoms with Gasteiger partial charge in [-0.3, -0.25) is 0 Å². The summed E-state index contributed by atoms with van der Waals surface area (Å²) in [6.45, 7) is 2.13. The minimum absolute atomic E-state index is 0. The highest BCUT2D eigenvalue weighted by Crippen LogP contribution is 2.64. The Bertz CT molecular complexity index is 686. The Morgan fingerprint density at radius 3 is 3.04 bits per heavy atom. The summed E-state index contributed by atoms with van der Waals surface area (Å²) in [5.41, 5.74) is 3.31. The number of nitrogens with one attached hydrogen (secondary N) is 1. The monoisotopic (exact) mass is 333 g/mol. The molecule has 2 aromatic rings. The van der Waals surface area contributed by atoms with Crippen LogP contribution in [0.4, 0.5) is 0 Å². The quantitative estimate of drug-likeness (QED) is 0.931. The number of hydrogen-bond donors (Lipinski definition) is 1. The van der Waals surface area contributed by atoms with Crippen LogP contribution in [0.3, 0.4) is 0 Å². The average Bonchev–Trinajstić information content (AvgIpc) is 3.06. The summed E-state index contributed by atoms with van der Waals surface area (Å²) in [5.74, 6) is 2.08. The van der Waals surface area contributed by atoms with Crippen LogP contribution in [0.15, 0.2) is 28.8 Å². The van der Waals surface area contributed by atoms with Gasteiger partial charge in [-0.1, -0.05) is 29.4 Å². The molecular weight excluding hydrogens is 310 g/mol. The molecule has 124 valence electrons. The van der Waals surface area contributed by atoms with Gasteiger partial charge in [0.05, 0.1) is 0 Å². The summed E-state index contributed by atoms with van der Waals surface area (Å²) in [5, 5.41) is 7.39. The third-order valence-electron chi connectivity index (χ3n) is 5.46. The van der Waals surface area contributed by atoms with Gasteiger partial charge in [0.15, 0.2) is 5.82 Å². The van der Waals surface area contributed by atoms with Crippen LogP contribution in [0.25, 0.3) is 0 Å². The topological polar surface area (TPSA) is 51.0 Å². The minimum atomic E-state index is 0. The zero-order chi connectivity index (χ0) is 15.2. The van der Waals surface area contributed by atoms with E-state index in [1.165, 1.54) is 30.4 Å². The Morgan fingerprint density at radius 1 is 1.39 bits per heavy atom. The third kappa shape index (κ3) is 2.79. The number of halogens is 1. The van der Waals surface area contributed by atoms with Crippen LogP contribution in [-0.2, 0) is 18.3 Å². The molecular formula is C18H24ClN3O. The lowest BCUT2D eigenvalue weighted by atomic mass is 9.78. The van der Waals surface area contributed by atoms with E-state index in [-0.39, 0.29) is 17.8 Å². The highest BCUT2D eigenvalue weighted by molar-refractivity contribution is 5.85. The molecule has 2 aliphatic rings. The van der Waals surface area contributed by atoms with Crippen LogP contribution in [0, 0.1) is 0 Å². The van der Waals surface area contributed by atoms with E-state index in [9.17, 15) is 0 Å². The number of aromatic nitrogens is 2. The molecule has 4 nitrogen and oxygen atoms in total. The molecule has 1 saturated carbocycles. The molecule has 0 radical (unpaired) electrons. The molecule has 3 atom stereocenters. The first-order chi connectivity index (χ1) is 10.7. The van der Waals surface area contributed by atoms with Gasteiger partial charge >= 0.3 is 0 Å². The van der Waals surface area contributed by atoms with E-state index in [4.69, 9.17) is 4.52 Å². The predicted octanol–water partition coefficient (Wildman–Crippen LogP) is 3.40. The maximum atomic E-state index is 5.59. The Hall–Kier alpha value is -1.39. The normalized spacial score (nSPS) is 26.4. The molecule has 1 heterocycles. The van der Waals surface area contributed by atoms with Crippen molar-refractivity contribution in [3.8, 4) is 0 Å². The summed E-state index contributed by atoms with van der Waals surface area (Å²) >= 11 is 0. The van der Waals surface area contributed by atoms with E-state index >= 15 is 0 Å². The third-order valence-corrected chi connectivity index (χ3v) is 5.46. The van der Waals surface area contributed by atoms with E-state index < -0.39 is 0 Å². The van der Waals surface area contributed by atoms with Crippen molar-refractivity contribution < 1.29 is 4.52 Å². The fourth-order valence-electron chi connectivity index (χ4n) is 4.02. The van der Waals surface area contributed by atoms with E-state index in [1.54, 1.807) is 0 Å². The smallest absolute Gasteiger partial charge is 0.230 e. The Balaban J connectivity index is 0.00000156. The van der Waals surface area contributed by atoms with Crippen LogP contribution in [0.5, 0.6) is 0 Å². The van der Waals surface area contributed by atoms with Gasteiger partial charge in [-0.05, 0) is 50.8 Å². The summed E-state index contributed by atoms with van der Waals surface area (Å²) in [6.07, 6.45) is 5.70. The minimum Gasteiger partial charge on any atom is -0.339 e. The molecule has 0 bridgehead atoms. The molecule has 5 heteroatoms. The van der Waals surface area contributed by atoms with Crippen LogP contribution in [0.2, 0.25) is 0 Å². The summed E-state index contributed by atoms with van der Waals surface area (Å²) in [4.78, 5) is 4.66. The molecule has 0 saturated heterocycles. The van der Waals surface area contributed by atoms with Crippen LogP contribution >= 0.6 is 12.4 Å². The number of aryl methyl sites for hydroxylation is 1. The van der Waals surface area contributed by atoms with Gasteiger partial charge in [0, 0.05) is 23.8 Å². The standard InChI is InChI=1S/C18H23N3O.ClH/c1-12(19-2)10-16-20-17(22-21-16)15-11-18(15)9-5-7-13-6-3-4-8-14(13)18;/h3-4,6,8,12,15,19H,5,7,9-11H2,1-2H3;1H. The second-order valence-corrected chi connectivity index (χ2v) is 6.87. The van der Waals surface area contributed by atoms with Crippen molar-refractivity contribution in [1.82, 2.24) is 15.5 Å². The summed E-state index contributed by atoms with van der Waals surface area (Å²) in [7, 11) is 1.96. The number of benzene rings is 1. The Labute approximate surface area is 143 Å². The van der Waals surface area contributed by atoms with Crippen molar-refractivity contribution in [3.05, 3.63) is 47.1 Å². The second-order valence-electron chi connectivity index (χ2n) is 6.87. The number of fused-ring (bicyclic) bond motifs is 2. The zero-order valence-corrected chi connectivity index (χ0v) is 14.5. The van der Waals surface area contributed by atoms with E-state index in [0.29, 0.717) is 12.0 Å². The van der Waals surface area contributed by atoms with Gasteiger partial charge in [-0.2, -0.15) is 4.98 Å². The lowest BCUT2D eigenvalue weighted by Crippen LogP contribution is -2.24. The molecule has 1 spiro atoms. The Morgan fingerprint density at radius 2 is 2.22 bits per heavy atom. The average molecular weight is 334 g/mol. The fourth-order valence-corrected chi connectivity index (χ4v) is 4.02. The van der Waals surface area contributed by atoms with Crippen molar-refractivity contribution >= 4 is 12.4 Å². The lowest BCUT2D eigenvalue weighted by molar-refractivity contribution is 0.361. The highest BCUT2D eigenvalue weighted by atomic mass is 35.5. The first-order valence-electron chi connectivity index (χ1n) is 8.31. The maximum Gasteiger partial charge on any atom is 0.230 e. The van der Waals surface area contributed by atoms with Gasteiger partial charge < -0.3 is 9.84 Å². The zero-order valence-electron chi connectivity index (χ0n) is 13.7. The Kier molecular flexibility index (Phi) is 4.47. The number of rotatable bonds is 4. The van der Waals surface area contributed by atoms with Crippen molar-refractivity contribution in [1.29, 1.82) is 0 Å². The number of nitrogens with zero attached hydrogens (tertiary/aromatic N) is 2. The summed E-state index contributed by atoms with van der Waals surface area (Å²) in [6, 6.07) is 9.26. The number of hydrogen-bond acceptors (Lipinski definition) is 4. The van der Waals surface area contributed by atoms with Gasteiger partial charge in [0.2, 0.25) is 5.89 Å². The first-order valence-corrected chi connectivity index (χ1v) is 8.31. The van der Waals surface area contributed by atoms with Crippen molar-refractivity contribution in [2.75, 3.05) is 7.05 Å². The molecule has 1 aromatic heterocycles. The fraction of sp³-hybridized carbons (Fsp3) is 0.556. The molecule has 1 aromatic carbocycles. The molecule has 1 fully saturated rings. The number of likely N-dealkylation sites (N-methyl/N-ethyl adjacent to an activating group) is 1. The van der Waals surface area contributed by atoms with Gasteiger partial charge in [0.1, 0.15) is 0 Å².